The highest BCUT2D eigenvalue weighted by Crippen LogP contribution is 1.94. The van der Waals surface area contributed by atoms with Gasteiger partial charge in [-0.1, -0.05) is 0 Å². The summed E-state index contributed by atoms with van der Waals surface area (Å²) in [5, 5.41) is 8.53. The fourth-order valence-electron chi connectivity index (χ4n) is 1.10. The van der Waals surface area contributed by atoms with Crippen LogP contribution in [0.1, 0.15) is 6.92 Å². The maximum Gasteiger partial charge on any atom is 0.319 e. The third kappa shape index (κ3) is 7.60. The number of hydrogen-bond donors (Lipinski definition) is 0. The first kappa shape index (κ1) is 16.4. The molecule has 0 saturated heterocycles. The Hall–Kier alpha value is -1.65. The molecule has 1 unspecified atom stereocenters. The van der Waals surface area contributed by atoms with Gasteiger partial charge >= 0.3 is 11.9 Å². The summed E-state index contributed by atoms with van der Waals surface area (Å²) in [6, 6.07) is 1.92. The molecule has 0 amide bonds. The molecule has 0 aromatic heterocycles. The number of carbonyl (C=O) groups is 2. The number of ether oxygens (including phenoxy) is 3. The summed E-state index contributed by atoms with van der Waals surface area (Å²) in [6.07, 6.45) is -0.525. The van der Waals surface area contributed by atoms with Crippen LogP contribution < -0.4 is 0 Å². The molecule has 0 aromatic rings. The van der Waals surface area contributed by atoms with E-state index in [9.17, 15) is 9.59 Å². The summed E-state index contributed by atoms with van der Waals surface area (Å²) in [6.45, 7) is 2.12. The Morgan fingerprint density at radius 1 is 1.22 bits per heavy atom. The normalized spacial score (nSPS) is 11.7. The second-order valence-corrected chi connectivity index (χ2v) is 3.51. The van der Waals surface area contributed by atoms with Crippen LogP contribution in [-0.2, 0) is 23.8 Å². The minimum Gasteiger partial charge on any atom is -0.468 e. The molecule has 0 rings (SSSR count). The van der Waals surface area contributed by atoms with E-state index >= 15 is 0 Å². The average molecular weight is 258 g/mol. The van der Waals surface area contributed by atoms with Gasteiger partial charge in [-0.2, -0.15) is 5.26 Å². The topological polar surface area (TPSA) is 88.9 Å². The van der Waals surface area contributed by atoms with Crippen LogP contribution in [0.2, 0.25) is 0 Å². The van der Waals surface area contributed by atoms with Crippen molar-refractivity contribution < 1.29 is 23.8 Å². The zero-order valence-electron chi connectivity index (χ0n) is 10.8. The van der Waals surface area contributed by atoms with Crippen molar-refractivity contribution in [3.05, 3.63) is 0 Å². The number of nitriles is 1. The SMILES string of the molecule is COC(=O)CN(CCOC(C)C#N)CC(=O)OC. The Balaban J connectivity index is 4.16. The van der Waals surface area contributed by atoms with Crippen LogP contribution in [0.5, 0.6) is 0 Å². The molecule has 0 N–H and O–H groups in total. The highest BCUT2D eigenvalue weighted by Gasteiger charge is 2.15. The lowest BCUT2D eigenvalue weighted by molar-refractivity contribution is -0.145. The van der Waals surface area contributed by atoms with Gasteiger partial charge in [-0.15, -0.1) is 0 Å². The molecule has 0 aliphatic rings. The Kier molecular flexibility index (Phi) is 8.53. The van der Waals surface area contributed by atoms with Crippen molar-refractivity contribution in [2.24, 2.45) is 0 Å². The van der Waals surface area contributed by atoms with E-state index in [1.165, 1.54) is 19.1 Å². The molecular formula is C11H18N2O5. The van der Waals surface area contributed by atoms with Crippen molar-refractivity contribution >= 4 is 11.9 Å². The van der Waals surface area contributed by atoms with Crippen molar-refractivity contribution in [2.45, 2.75) is 13.0 Å². The maximum absolute atomic E-state index is 11.1. The first-order valence-corrected chi connectivity index (χ1v) is 5.40. The van der Waals surface area contributed by atoms with Gasteiger partial charge in [0.05, 0.1) is 40.0 Å². The molecule has 0 heterocycles. The molecule has 0 fully saturated rings. The minimum atomic E-state index is -0.525. The predicted molar refractivity (Wildman–Crippen MR) is 61.5 cm³/mol. The maximum atomic E-state index is 11.1. The van der Waals surface area contributed by atoms with Crippen molar-refractivity contribution in [3.8, 4) is 6.07 Å². The van der Waals surface area contributed by atoms with E-state index in [1.807, 2.05) is 6.07 Å². The van der Waals surface area contributed by atoms with Gasteiger partial charge in [0, 0.05) is 6.54 Å². The van der Waals surface area contributed by atoms with Gasteiger partial charge in [-0.25, -0.2) is 0 Å². The van der Waals surface area contributed by atoms with E-state index in [2.05, 4.69) is 9.47 Å². The van der Waals surface area contributed by atoms with Crippen LogP contribution in [0, 0.1) is 11.3 Å². The van der Waals surface area contributed by atoms with Gasteiger partial charge < -0.3 is 14.2 Å². The number of rotatable bonds is 8. The van der Waals surface area contributed by atoms with E-state index in [0.29, 0.717) is 6.54 Å². The Morgan fingerprint density at radius 2 is 1.72 bits per heavy atom. The molecule has 0 aromatic carbocycles. The smallest absolute Gasteiger partial charge is 0.319 e. The Labute approximate surface area is 106 Å². The van der Waals surface area contributed by atoms with Crippen LogP contribution >= 0.6 is 0 Å². The van der Waals surface area contributed by atoms with Crippen molar-refractivity contribution in [1.82, 2.24) is 4.90 Å². The fourth-order valence-corrected chi connectivity index (χ4v) is 1.10. The summed E-state index contributed by atoms with van der Waals surface area (Å²) in [5.74, 6) is -0.903. The van der Waals surface area contributed by atoms with E-state index < -0.39 is 18.0 Å². The standard InChI is InChI=1S/C11H18N2O5/c1-9(6-12)18-5-4-13(7-10(14)16-2)8-11(15)17-3/h9H,4-5,7-8H2,1-3H3. The van der Waals surface area contributed by atoms with Gasteiger partial charge in [0.15, 0.2) is 0 Å². The second-order valence-electron chi connectivity index (χ2n) is 3.51. The lowest BCUT2D eigenvalue weighted by atomic mass is 10.4. The number of esters is 2. The van der Waals surface area contributed by atoms with E-state index in [-0.39, 0.29) is 19.7 Å². The Morgan fingerprint density at radius 3 is 2.11 bits per heavy atom. The van der Waals surface area contributed by atoms with E-state index in [4.69, 9.17) is 10.00 Å². The average Bonchev–Trinajstić information content (AvgIpc) is 2.37. The van der Waals surface area contributed by atoms with Gasteiger partial charge in [-0.05, 0) is 6.92 Å². The minimum absolute atomic E-state index is 0.0319. The van der Waals surface area contributed by atoms with Gasteiger partial charge in [-0.3, -0.25) is 14.5 Å². The molecule has 7 nitrogen and oxygen atoms in total. The quantitative estimate of drug-likeness (QED) is 0.545. The second kappa shape index (κ2) is 9.39. The van der Waals surface area contributed by atoms with Crippen LogP contribution in [0.4, 0.5) is 0 Å². The molecule has 0 saturated carbocycles. The summed E-state index contributed by atoms with van der Waals surface area (Å²) in [5.41, 5.74) is 0. The van der Waals surface area contributed by atoms with Crippen LogP contribution in [0.3, 0.4) is 0 Å². The molecule has 0 radical (unpaired) electrons. The van der Waals surface area contributed by atoms with Gasteiger partial charge in [0.2, 0.25) is 0 Å². The Bertz CT molecular complexity index is 295. The first-order chi connectivity index (χ1) is 8.53. The number of nitrogens with zero attached hydrogens (tertiary/aromatic N) is 2. The zero-order chi connectivity index (χ0) is 14.0. The summed E-state index contributed by atoms with van der Waals surface area (Å²) < 4.78 is 14.2. The summed E-state index contributed by atoms with van der Waals surface area (Å²) in [4.78, 5) is 23.8. The third-order valence-corrected chi connectivity index (χ3v) is 2.12. The van der Waals surface area contributed by atoms with E-state index in [1.54, 1.807) is 6.92 Å². The lowest BCUT2D eigenvalue weighted by Gasteiger charge is -2.19. The highest BCUT2D eigenvalue weighted by molar-refractivity contribution is 5.74. The fraction of sp³-hybridized carbons (Fsp3) is 0.727. The van der Waals surface area contributed by atoms with Crippen molar-refractivity contribution in [1.29, 1.82) is 5.26 Å². The molecular weight excluding hydrogens is 240 g/mol. The third-order valence-electron chi connectivity index (χ3n) is 2.12. The lowest BCUT2D eigenvalue weighted by Crippen LogP contribution is -2.38. The molecule has 0 aliphatic heterocycles. The van der Waals surface area contributed by atoms with E-state index in [0.717, 1.165) is 0 Å². The van der Waals surface area contributed by atoms with Crippen LogP contribution in [0.25, 0.3) is 0 Å². The molecule has 7 heteroatoms. The number of methoxy groups -OCH3 is 2. The molecule has 18 heavy (non-hydrogen) atoms. The van der Waals surface area contributed by atoms with Crippen LogP contribution in [-0.4, -0.2) is 63.4 Å². The van der Waals surface area contributed by atoms with Crippen molar-refractivity contribution in [3.63, 3.8) is 0 Å². The molecule has 0 bridgehead atoms. The molecule has 0 spiro atoms. The zero-order valence-corrected chi connectivity index (χ0v) is 10.8. The molecule has 1 atom stereocenters. The van der Waals surface area contributed by atoms with Gasteiger partial charge in [0.1, 0.15) is 6.10 Å². The largest absolute Gasteiger partial charge is 0.468 e. The molecule has 0 aliphatic carbocycles. The van der Waals surface area contributed by atoms with Crippen LogP contribution in [0.15, 0.2) is 0 Å². The number of carbonyl (C=O) groups excluding carboxylic acids is 2. The summed E-state index contributed by atoms with van der Waals surface area (Å²) >= 11 is 0. The highest BCUT2D eigenvalue weighted by atomic mass is 16.5. The van der Waals surface area contributed by atoms with Gasteiger partial charge in [0.25, 0.3) is 0 Å². The predicted octanol–water partition coefficient (Wildman–Crippen LogP) is -0.437. The van der Waals surface area contributed by atoms with Crippen molar-refractivity contribution in [2.75, 3.05) is 40.5 Å². The molecule has 102 valence electrons. The first-order valence-electron chi connectivity index (χ1n) is 5.40. The summed E-state index contributed by atoms with van der Waals surface area (Å²) in [7, 11) is 2.54. The monoisotopic (exact) mass is 258 g/mol. The number of hydrogen-bond acceptors (Lipinski definition) is 7.